The maximum Gasteiger partial charge on any atom is 0.259 e. The van der Waals surface area contributed by atoms with Gasteiger partial charge in [0.25, 0.3) is 5.91 Å². The lowest BCUT2D eigenvalue weighted by atomic mass is 10.1. The van der Waals surface area contributed by atoms with Crippen molar-refractivity contribution < 1.29 is 9.90 Å². The highest BCUT2D eigenvalue weighted by Gasteiger charge is 2.13. The lowest BCUT2D eigenvalue weighted by molar-refractivity contribution is 0.102. The average Bonchev–Trinajstić information content (AvgIpc) is 2.35. The number of aromatic hydroxyl groups is 1. The van der Waals surface area contributed by atoms with Crippen molar-refractivity contribution in [3.63, 3.8) is 0 Å². The summed E-state index contributed by atoms with van der Waals surface area (Å²) in [5.41, 5.74) is 9.18. The first kappa shape index (κ1) is 14.4. The highest BCUT2D eigenvalue weighted by Crippen LogP contribution is 2.26. The second kappa shape index (κ2) is 5.54. The average molecular weight is 335 g/mol. The van der Waals surface area contributed by atoms with Gasteiger partial charge in [-0.05, 0) is 55.3 Å². The number of benzene rings is 2. The summed E-state index contributed by atoms with van der Waals surface area (Å²) in [6.45, 7) is 3.74. The minimum absolute atomic E-state index is 0.0679. The van der Waals surface area contributed by atoms with Crippen LogP contribution in [0.15, 0.2) is 34.8 Å². The summed E-state index contributed by atoms with van der Waals surface area (Å²) in [6.07, 6.45) is 0. The number of halogens is 1. The van der Waals surface area contributed by atoms with E-state index in [0.717, 1.165) is 11.1 Å². The van der Waals surface area contributed by atoms with Crippen molar-refractivity contribution in [3.05, 3.63) is 51.5 Å². The van der Waals surface area contributed by atoms with Gasteiger partial charge in [0, 0.05) is 15.8 Å². The SMILES string of the molecule is Cc1cc(NC(=O)c2ccc(Br)cc2O)c(C)cc1N. The lowest BCUT2D eigenvalue weighted by Gasteiger charge is -2.12. The van der Waals surface area contributed by atoms with Crippen LogP contribution in [-0.4, -0.2) is 11.0 Å². The summed E-state index contributed by atoms with van der Waals surface area (Å²) in [5, 5.41) is 12.6. The van der Waals surface area contributed by atoms with E-state index in [2.05, 4.69) is 21.2 Å². The molecule has 0 spiro atoms. The molecule has 0 atom stereocenters. The van der Waals surface area contributed by atoms with Crippen LogP contribution < -0.4 is 11.1 Å². The van der Waals surface area contributed by atoms with Crippen LogP contribution in [0.4, 0.5) is 11.4 Å². The Kier molecular flexibility index (Phi) is 3.99. The molecule has 2 aromatic rings. The van der Waals surface area contributed by atoms with Gasteiger partial charge in [-0.25, -0.2) is 0 Å². The van der Waals surface area contributed by atoms with Gasteiger partial charge in [0.05, 0.1) is 5.56 Å². The van der Waals surface area contributed by atoms with Crippen LogP contribution in [-0.2, 0) is 0 Å². The van der Waals surface area contributed by atoms with Gasteiger partial charge in [-0.1, -0.05) is 15.9 Å². The standard InChI is InChI=1S/C15H15BrN2O2/c1-8-6-13(9(2)5-12(8)17)18-15(20)11-4-3-10(16)7-14(11)19/h3-7,19H,17H2,1-2H3,(H,18,20). The van der Waals surface area contributed by atoms with Crippen molar-refractivity contribution in [3.8, 4) is 5.75 Å². The maximum absolute atomic E-state index is 12.2. The molecule has 0 saturated heterocycles. The number of anilines is 2. The normalized spacial score (nSPS) is 10.3. The maximum atomic E-state index is 12.2. The van der Waals surface area contributed by atoms with Crippen LogP contribution in [0.5, 0.6) is 5.75 Å². The Morgan fingerprint density at radius 3 is 2.55 bits per heavy atom. The highest BCUT2D eigenvalue weighted by atomic mass is 79.9. The molecule has 0 heterocycles. The number of phenols is 1. The van der Waals surface area contributed by atoms with Crippen molar-refractivity contribution in [1.82, 2.24) is 0 Å². The number of hydrogen-bond acceptors (Lipinski definition) is 3. The Labute approximate surface area is 125 Å². The number of nitrogen functional groups attached to an aromatic ring is 1. The number of rotatable bonds is 2. The monoisotopic (exact) mass is 334 g/mol. The molecule has 4 N–H and O–H groups in total. The van der Waals surface area contributed by atoms with Gasteiger partial charge < -0.3 is 16.2 Å². The van der Waals surface area contributed by atoms with E-state index >= 15 is 0 Å². The van der Waals surface area contributed by atoms with Crippen molar-refractivity contribution in [2.45, 2.75) is 13.8 Å². The lowest BCUT2D eigenvalue weighted by Crippen LogP contribution is -2.13. The topological polar surface area (TPSA) is 75.3 Å². The van der Waals surface area contributed by atoms with Crippen LogP contribution in [0.2, 0.25) is 0 Å². The zero-order valence-corrected chi connectivity index (χ0v) is 12.8. The predicted molar refractivity (Wildman–Crippen MR) is 84.1 cm³/mol. The second-order valence-electron chi connectivity index (χ2n) is 4.64. The Hall–Kier alpha value is -2.01. The van der Waals surface area contributed by atoms with E-state index in [4.69, 9.17) is 5.73 Å². The zero-order valence-electron chi connectivity index (χ0n) is 11.2. The van der Waals surface area contributed by atoms with E-state index in [9.17, 15) is 9.90 Å². The van der Waals surface area contributed by atoms with Gasteiger partial charge in [-0.3, -0.25) is 4.79 Å². The first-order valence-electron chi connectivity index (χ1n) is 6.05. The molecule has 0 fully saturated rings. The molecule has 1 amide bonds. The fourth-order valence-electron chi connectivity index (χ4n) is 1.86. The molecular formula is C15H15BrN2O2. The Balaban J connectivity index is 2.30. The van der Waals surface area contributed by atoms with Gasteiger partial charge in [-0.15, -0.1) is 0 Å². The molecule has 4 nitrogen and oxygen atoms in total. The number of carbonyl (C=O) groups is 1. The Morgan fingerprint density at radius 2 is 1.90 bits per heavy atom. The number of nitrogens with two attached hydrogens (primary N) is 1. The van der Waals surface area contributed by atoms with Crippen molar-refractivity contribution in [2.24, 2.45) is 0 Å². The van der Waals surface area contributed by atoms with Crippen molar-refractivity contribution in [1.29, 1.82) is 0 Å². The van der Waals surface area contributed by atoms with E-state index in [1.165, 1.54) is 6.07 Å². The second-order valence-corrected chi connectivity index (χ2v) is 5.55. The number of carbonyl (C=O) groups excluding carboxylic acids is 1. The first-order valence-corrected chi connectivity index (χ1v) is 6.84. The van der Waals surface area contributed by atoms with Crippen molar-refractivity contribution >= 4 is 33.2 Å². The molecule has 0 aliphatic carbocycles. The minimum Gasteiger partial charge on any atom is -0.507 e. The minimum atomic E-state index is -0.359. The van der Waals surface area contributed by atoms with E-state index < -0.39 is 0 Å². The molecule has 0 unspecified atom stereocenters. The molecule has 2 rings (SSSR count). The number of amides is 1. The molecule has 5 heteroatoms. The molecule has 0 saturated carbocycles. The van der Waals surface area contributed by atoms with Crippen LogP contribution in [0.1, 0.15) is 21.5 Å². The van der Waals surface area contributed by atoms with E-state index in [1.807, 2.05) is 26.0 Å². The summed E-state index contributed by atoms with van der Waals surface area (Å²) in [5.74, 6) is -0.427. The summed E-state index contributed by atoms with van der Waals surface area (Å²) in [4.78, 5) is 12.2. The quantitative estimate of drug-likeness (QED) is 0.734. The summed E-state index contributed by atoms with van der Waals surface area (Å²) in [7, 11) is 0. The van der Waals surface area contributed by atoms with Crippen LogP contribution in [0, 0.1) is 13.8 Å². The molecule has 0 aliphatic heterocycles. The van der Waals surface area contributed by atoms with E-state index in [0.29, 0.717) is 15.8 Å². The Morgan fingerprint density at radius 1 is 1.20 bits per heavy atom. The van der Waals surface area contributed by atoms with E-state index in [-0.39, 0.29) is 17.2 Å². The molecule has 0 radical (unpaired) electrons. The van der Waals surface area contributed by atoms with Gasteiger partial charge in [0.15, 0.2) is 0 Å². The predicted octanol–water partition coefficient (Wildman–Crippen LogP) is 3.61. The fraction of sp³-hybridized carbons (Fsp3) is 0.133. The van der Waals surface area contributed by atoms with Crippen LogP contribution in [0.3, 0.4) is 0 Å². The number of nitrogens with one attached hydrogen (secondary N) is 1. The van der Waals surface area contributed by atoms with Gasteiger partial charge in [0.1, 0.15) is 5.75 Å². The molecule has 2 aromatic carbocycles. The van der Waals surface area contributed by atoms with Gasteiger partial charge in [0.2, 0.25) is 0 Å². The zero-order chi connectivity index (χ0) is 14.9. The number of phenolic OH excluding ortho intramolecular Hbond substituents is 1. The Bertz CT molecular complexity index is 684. The largest absolute Gasteiger partial charge is 0.507 e. The van der Waals surface area contributed by atoms with Crippen LogP contribution in [0.25, 0.3) is 0 Å². The summed E-state index contributed by atoms with van der Waals surface area (Å²) < 4.78 is 0.714. The smallest absolute Gasteiger partial charge is 0.259 e. The number of hydrogen-bond donors (Lipinski definition) is 3. The number of aryl methyl sites for hydroxylation is 2. The van der Waals surface area contributed by atoms with Crippen LogP contribution >= 0.6 is 15.9 Å². The third-order valence-corrected chi connectivity index (χ3v) is 3.56. The third kappa shape index (κ3) is 2.93. The first-order chi connectivity index (χ1) is 9.38. The molecule has 104 valence electrons. The fourth-order valence-corrected chi connectivity index (χ4v) is 2.21. The summed E-state index contributed by atoms with van der Waals surface area (Å²) in [6, 6.07) is 8.38. The molecule has 0 aromatic heterocycles. The molecular weight excluding hydrogens is 320 g/mol. The molecule has 0 bridgehead atoms. The molecule has 20 heavy (non-hydrogen) atoms. The highest BCUT2D eigenvalue weighted by molar-refractivity contribution is 9.10. The summed E-state index contributed by atoms with van der Waals surface area (Å²) >= 11 is 3.24. The van der Waals surface area contributed by atoms with Gasteiger partial charge in [-0.2, -0.15) is 0 Å². The molecule has 0 aliphatic rings. The van der Waals surface area contributed by atoms with Crippen molar-refractivity contribution in [2.75, 3.05) is 11.1 Å². The third-order valence-electron chi connectivity index (χ3n) is 3.07. The van der Waals surface area contributed by atoms with E-state index in [1.54, 1.807) is 12.1 Å². The van der Waals surface area contributed by atoms with Gasteiger partial charge >= 0.3 is 0 Å².